The monoisotopic (exact) mass is 429 g/mol. The van der Waals surface area contributed by atoms with Crippen molar-refractivity contribution in [1.82, 2.24) is 14.7 Å². The molecule has 2 unspecified atom stereocenters. The maximum absolute atomic E-state index is 13.9. The lowest BCUT2D eigenvalue weighted by Gasteiger charge is -2.39. The Balaban J connectivity index is 1.56. The number of fused-ring (bicyclic) bond motifs is 2. The Morgan fingerprint density at radius 2 is 1.75 bits per heavy atom. The van der Waals surface area contributed by atoms with Gasteiger partial charge in [0.25, 0.3) is 5.91 Å². The lowest BCUT2D eigenvalue weighted by atomic mass is 9.65. The number of amides is 1. The second kappa shape index (κ2) is 7.51. The molecule has 2 heterocycles. The summed E-state index contributed by atoms with van der Waals surface area (Å²) in [5.41, 5.74) is 3.72. The number of hydrogen-bond acceptors (Lipinski definition) is 3. The molecule has 1 amide bonds. The number of likely N-dealkylation sites (tertiary alicyclic amines) is 1. The van der Waals surface area contributed by atoms with Crippen LogP contribution in [-0.4, -0.2) is 40.3 Å². The van der Waals surface area contributed by atoms with Crippen LogP contribution in [0.3, 0.4) is 0 Å². The lowest BCUT2D eigenvalue weighted by Crippen LogP contribution is -2.38. The number of ether oxygens (including phenoxy) is 1. The van der Waals surface area contributed by atoms with Crippen LogP contribution in [0.4, 0.5) is 0 Å². The van der Waals surface area contributed by atoms with Crippen LogP contribution in [0.5, 0.6) is 5.75 Å². The molecule has 1 aliphatic heterocycles. The fourth-order valence-electron chi connectivity index (χ4n) is 6.05. The van der Waals surface area contributed by atoms with Gasteiger partial charge in [0.15, 0.2) is 0 Å². The molecule has 5 heteroatoms. The third-order valence-electron chi connectivity index (χ3n) is 6.99. The standard InChI is InChI=1S/C27H31N3O2/c1-26(2)15-21-16-27(3,17-26)18-29(21)25(31)24-14-23(19-8-6-5-7-9-19)28-30(24)20-10-12-22(32-4)13-11-20/h5-14,21H,15-18H2,1-4H3. The Morgan fingerprint density at radius 3 is 2.44 bits per heavy atom. The third-order valence-corrected chi connectivity index (χ3v) is 6.99. The molecule has 0 N–H and O–H groups in total. The summed E-state index contributed by atoms with van der Waals surface area (Å²) in [6.07, 6.45) is 3.30. The van der Waals surface area contributed by atoms with Crippen molar-refractivity contribution in [2.24, 2.45) is 10.8 Å². The molecule has 1 saturated heterocycles. The highest BCUT2D eigenvalue weighted by atomic mass is 16.5. The summed E-state index contributed by atoms with van der Waals surface area (Å²) in [6, 6.07) is 20.0. The van der Waals surface area contributed by atoms with Gasteiger partial charge in [0, 0.05) is 18.2 Å². The summed E-state index contributed by atoms with van der Waals surface area (Å²) in [5, 5.41) is 4.86. The minimum atomic E-state index is 0.0712. The summed E-state index contributed by atoms with van der Waals surface area (Å²) in [4.78, 5) is 16.1. The van der Waals surface area contributed by atoms with Crippen LogP contribution in [0.1, 0.15) is 50.5 Å². The lowest BCUT2D eigenvalue weighted by molar-refractivity contribution is 0.0699. The van der Waals surface area contributed by atoms with E-state index in [1.54, 1.807) is 11.8 Å². The first kappa shape index (κ1) is 20.8. The second-order valence-corrected chi connectivity index (χ2v) is 10.5. The smallest absolute Gasteiger partial charge is 0.272 e. The van der Waals surface area contributed by atoms with Crippen LogP contribution in [0.25, 0.3) is 16.9 Å². The Kier molecular flexibility index (Phi) is 4.88. The number of carbonyl (C=O) groups is 1. The Morgan fingerprint density at radius 1 is 1.03 bits per heavy atom. The molecule has 0 spiro atoms. The van der Waals surface area contributed by atoms with E-state index in [1.165, 1.54) is 0 Å². The summed E-state index contributed by atoms with van der Waals surface area (Å²) < 4.78 is 7.10. The Hall–Kier alpha value is -3.08. The average Bonchev–Trinajstić information content (AvgIpc) is 3.32. The minimum absolute atomic E-state index is 0.0712. The number of aromatic nitrogens is 2. The van der Waals surface area contributed by atoms with Gasteiger partial charge < -0.3 is 9.64 Å². The highest BCUT2D eigenvalue weighted by Gasteiger charge is 2.51. The van der Waals surface area contributed by atoms with Gasteiger partial charge in [-0.2, -0.15) is 5.10 Å². The van der Waals surface area contributed by atoms with E-state index in [-0.39, 0.29) is 22.8 Å². The van der Waals surface area contributed by atoms with Crippen LogP contribution in [0.15, 0.2) is 60.7 Å². The molecular formula is C27H31N3O2. The van der Waals surface area contributed by atoms with E-state index in [4.69, 9.17) is 9.84 Å². The quantitative estimate of drug-likeness (QED) is 0.543. The number of hydrogen-bond donors (Lipinski definition) is 0. The number of nitrogens with zero attached hydrogens (tertiary/aromatic N) is 3. The van der Waals surface area contributed by atoms with Crippen LogP contribution in [0.2, 0.25) is 0 Å². The number of methoxy groups -OCH3 is 1. The van der Waals surface area contributed by atoms with Crippen LogP contribution < -0.4 is 4.74 Å². The van der Waals surface area contributed by atoms with Crippen LogP contribution >= 0.6 is 0 Å². The highest BCUT2D eigenvalue weighted by Crippen LogP contribution is 2.52. The molecule has 2 atom stereocenters. The van der Waals surface area contributed by atoms with Gasteiger partial charge in [0.2, 0.25) is 0 Å². The van der Waals surface area contributed by atoms with E-state index in [0.29, 0.717) is 5.69 Å². The van der Waals surface area contributed by atoms with Gasteiger partial charge >= 0.3 is 0 Å². The van der Waals surface area contributed by atoms with E-state index in [1.807, 2.05) is 60.7 Å². The molecule has 32 heavy (non-hydrogen) atoms. The summed E-state index contributed by atoms with van der Waals surface area (Å²) in [6.45, 7) is 7.82. The summed E-state index contributed by atoms with van der Waals surface area (Å²) in [7, 11) is 1.65. The third kappa shape index (κ3) is 3.70. The number of benzene rings is 2. The molecule has 2 bridgehead atoms. The fourth-order valence-corrected chi connectivity index (χ4v) is 6.05. The molecule has 3 aromatic rings. The van der Waals surface area contributed by atoms with Crippen molar-refractivity contribution in [3.05, 3.63) is 66.4 Å². The minimum Gasteiger partial charge on any atom is -0.497 e. The molecular weight excluding hydrogens is 398 g/mol. The molecule has 2 fully saturated rings. The van der Waals surface area contributed by atoms with E-state index < -0.39 is 0 Å². The zero-order valence-corrected chi connectivity index (χ0v) is 19.3. The SMILES string of the molecule is COc1ccc(-n2nc(-c3ccccc3)cc2C(=O)N2CC3(C)CC2CC(C)(C)C3)cc1. The first-order chi connectivity index (χ1) is 15.3. The Labute approximate surface area is 190 Å². The van der Waals surface area contributed by atoms with Gasteiger partial charge in [-0.15, -0.1) is 0 Å². The normalized spacial score (nSPS) is 23.9. The highest BCUT2D eigenvalue weighted by molar-refractivity contribution is 5.95. The van der Waals surface area contributed by atoms with Gasteiger partial charge in [-0.1, -0.05) is 51.1 Å². The first-order valence-corrected chi connectivity index (χ1v) is 11.4. The molecule has 2 aromatic carbocycles. The van der Waals surface area contributed by atoms with Crippen LogP contribution in [-0.2, 0) is 0 Å². The zero-order valence-electron chi connectivity index (χ0n) is 19.3. The molecule has 5 rings (SSSR count). The van der Waals surface area contributed by atoms with Gasteiger partial charge in [-0.05, 0) is 60.4 Å². The van der Waals surface area contributed by atoms with Crippen molar-refractivity contribution in [3.8, 4) is 22.7 Å². The van der Waals surface area contributed by atoms with E-state index in [0.717, 1.165) is 48.5 Å². The predicted octanol–water partition coefficient (Wildman–Crippen LogP) is 5.59. The molecule has 5 nitrogen and oxygen atoms in total. The molecule has 166 valence electrons. The molecule has 1 saturated carbocycles. The van der Waals surface area contributed by atoms with E-state index in [9.17, 15) is 4.79 Å². The van der Waals surface area contributed by atoms with Crippen LogP contribution in [0, 0.1) is 10.8 Å². The van der Waals surface area contributed by atoms with Gasteiger partial charge in [0.1, 0.15) is 11.4 Å². The number of carbonyl (C=O) groups excluding carboxylic acids is 1. The molecule has 1 aliphatic carbocycles. The summed E-state index contributed by atoms with van der Waals surface area (Å²) in [5.74, 6) is 0.850. The van der Waals surface area contributed by atoms with Crippen molar-refractivity contribution in [2.45, 2.75) is 46.1 Å². The summed E-state index contributed by atoms with van der Waals surface area (Å²) >= 11 is 0. The predicted molar refractivity (Wildman–Crippen MR) is 126 cm³/mol. The molecule has 1 aromatic heterocycles. The van der Waals surface area contributed by atoms with E-state index in [2.05, 4.69) is 25.7 Å². The average molecular weight is 430 g/mol. The molecule has 2 aliphatic rings. The zero-order chi connectivity index (χ0) is 22.5. The second-order valence-electron chi connectivity index (χ2n) is 10.5. The van der Waals surface area contributed by atoms with Crippen molar-refractivity contribution in [1.29, 1.82) is 0 Å². The van der Waals surface area contributed by atoms with Gasteiger partial charge in [0.05, 0.1) is 18.5 Å². The Bertz CT molecular complexity index is 1130. The maximum Gasteiger partial charge on any atom is 0.272 e. The fraction of sp³-hybridized carbons (Fsp3) is 0.407. The molecule has 0 radical (unpaired) electrons. The van der Waals surface area contributed by atoms with Gasteiger partial charge in [-0.25, -0.2) is 4.68 Å². The number of rotatable bonds is 4. The van der Waals surface area contributed by atoms with Crippen molar-refractivity contribution in [3.63, 3.8) is 0 Å². The first-order valence-electron chi connectivity index (χ1n) is 11.4. The van der Waals surface area contributed by atoms with Crippen molar-refractivity contribution in [2.75, 3.05) is 13.7 Å². The van der Waals surface area contributed by atoms with Gasteiger partial charge in [-0.3, -0.25) is 4.79 Å². The van der Waals surface area contributed by atoms with Crippen molar-refractivity contribution >= 4 is 5.91 Å². The van der Waals surface area contributed by atoms with Crippen molar-refractivity contribution < 1.29 is 9.53 Å². The van der Waals surface area contributed by atoms with E-state index >= 15 is 0 Å². The topological polar surface area (TPSA) is 47.4 Å². The largest absolute Gasteiger partial charge is 0.497 e. The maximum atomic E-state index is 13.9.